The summed E-state index contributed by atoms with van der Waals surface area (Å²) in [5.41, 5.74) is 0.800. The molecule has 0 aliphatic heterocycles. The second-order valence-electron chi connectivity index (χ2n) is 6.29. The third-order valence-electron chi connectivity index (χ3n) is 3.07. The van der Waals surface area contributed by atoms with Crippen molar-refractivity contribution >= 4 is 17.7 Å². The molecule has 0 bridgehead atoms. The lowest BCUT2D eigenvalue weighted by atomic mass is 10.1. The van der Waals surface area contributed by atoms with Crippen molar-refractivity contribution < 1.29 is 19.1 Å². The second kappa shape index (κ2) is 6.29. The number of aryl methyl sites for hydroxylation is 2. The molecule has 0 aliphatic rings. The molecule has 0 saturated carbocycles. The van der Waals surface area contributed by atoms with E-state index in [0.717, 1.165) is 0 Å². The highest BCUT2D eigenvalue weighted by molar-refractivity contribution is 6.41. The second-order valence-corrected chi connectivity index (χ2v) is 6.29. The lowest BCUT2D eigenvalue weighted by Gasteiger charge is -2.23. The van der Waals surface area contributed by atoms with Gasteiger partial charge in [0.1, 0.15) is 0 Å². The molecule has 1 heterocycles. The fourth-order valence-electron chi connectivity index (χ4n) is 1.94. The largest absolute Gasteiger partial charge is 0.447 e. The maximum atomic E-state index is 12.2. The number of hydrogen-bond acceptors (Lipinski definition) is 5. The van der Waals surface area contributed by atoms with Crippen LogP contribution in [0.5, 0.6) is 0 Å². The maximum Gasteiger partial charge on any atom is 0.380 e. The predicted octanol–water partition coefficient (Wildman–Crippen LogP) is 1.07. The molecule has 7 heteroatoms. The summed E-state index contributed by atoms with van der Waals surface area (Å²) >= 11 is 0. The zero-order valence-corrected chi connectivity index (χ0v) is 14.1. The van der Waals surface area contributed by atoms with Crippen LogP contribution in [0.1, 0.15) is 49.4 Å². The van der Waals surface area contributed by atoms with E-state index in [1.54, 1.807) is 20.9 Å². The van der Waals surface area contributed by atoms with Gasteiger partial charge in [0.2, 0.25) is 0 Å². The third kappa shape index (κ3) is 4.16. The van der Waals surface area contributed by atoms with Crippen LogP contribution in [0.3, 0.4) is 0 Å². The minimum Gasteiger partial charge on any atom is -0.447 e. The van der Waals surface area contributed by atoms with E-state index >= 15 is 0 Å². The Bertz CT molecular complexity index is 611. The number of carbonyl (C=O) groups is 3. The molecular weight excluding hydrogens is 286 g/mol. The van der Waals surface area contributed by atoms with Crippen molar-refractivity contribution in [3.8, 4) is 0 Å². The van der Waals surface area contributed by atoms with Crippen LogP contribution in [0.4, 0.5) is 0 Å². The molecular formula is C15H23N3O4. The van der Waals surface area contributed by atoms with E-state index < -0.39 is 29.3 Å². The zero-order chi connectivity index (χ0) is 17.2. The van der Waals surface area contributed by atoms with Crippen LogP contribution < -0.4 is 5.32 Å². The van der Waals surface area contributed by atoms with E-state index in [9.17, 15) is 14.4 Å². The first kappa shape index (κ1) is 17.9. The topological polar surface area (TPSA) is 90.3 Å². The standard InChI is InChI=1S/C15H23N3O4/c1-8-11(9(2)18(7)17-8)12(19)14(21)22-10(3)13(20)16-15(4,5)6/h10H,1-7H3,(H,16,20). The van der Waals surface area contributed by atoms with Crippen molar-refractivity contribution in [1.82, 2.24) is 15.1 Å². The quantitative estimate of drug-likeness (QED) is 0.510. The maximum absolute atomic E-state index is 12.2. The number of hydrogen-bond donors (Lipinski definition) is 1. The highest BCUT2D eigenvalue weighted by Gasteiger charge is 2.29. The number of nitrogens with one attached hydrogen (secondary N) is 1. The first-order valence-electron chi connectivity index (χ1n) is 7.01. The average Bonchev–Trinajstić information content (AvgIpc) is 2.60. The summed E-state index contributed by atoms with van der Waals surface area (Å²) in [6.45, 7) is 10.2. The first-order chi connectivity index (χ1) is 9.94. The Morgan fingerprint density at radius 3 is 2.18 bits per heavy atom. The number of Topliss-reactive ketones (excluding diaryl/α,β-unsaturated/α-hetero) is 1. The van der Waals surface area contributed by atoms with Gasteiger partial charge in [-0.15, -0.1) is 0 Å². The summed E-state index contributed by atoms with van der Waals surface area (Å²) in [6, 6.07) is 0. The van der Waals surface area contributed by atoms with Crippen molar-refractivity contribution in [2.24, 2.45) is 7.05 Å². The molecule has 0 radical (unpaired) electrons. The van der Waals surface area contributed by atoms with Crippen LogP contribution >= 0.6 is 0 Å². The van der Waals surface area contributed by atoms with Crippen molar-refractivity contribution in [3.05, 3.63) is 17.0 Å². The van der Waals surface area contributed by atoms with E-state index in [2.05, 4.69) is 10.4 Å². The number of carbonyl (C=O) groups excluding carboxylic acids is 3. The SMILES string of the molecule is Cc1nn(C)c(C)c1C(=O)C(=O)OC(C)C(=O)NC(C)(C)C. The smallest absolute Gasteiger partial charge is 0.380 e. The number of rotatable bonds is 4. The van der Waals surface area contributed by atoms with E-state index in [1.807, 2.05) is 20.8 Å². The van der Waals surface area contributed by atoms with Crippen LogP contribution in [-0.4, -0.2) is 39.1 Å². The van der Waals surface area contributed by atoms with E-state index in [0.29, 0.717) is 11.4 Å². The molecule has 7 nitrogen and oxygen atoms in total. The molecule has 1 rings (SSSR count). The van der Waals surface area contributed by atoms with Crippen LogP contribution in [0, 0.1) is 13.8 Å². The summed E-state index contributed by atoms with van der Waals surface area (Å²) in [5, 5.41) is 6.77. The summed E-state index contributed by atoms with van der Waals surface area (Å²) < 4.78 is 6.48. The fraction of sp³-hybridized carbons (Fsp3) is 0.600. The van der Waals surface area contributed by atoms with Gasteiger partial charge in [0.05, 0.1) is 11.3 Å². The third-order valence-corrected chi connectivity index (χ3v) is 3.07. The van der Waals surface area contributed by atoms with Gasteiger partial charge in [0.25, 0.3) is 11.7 Å². The highest BCUT2D eigenvalue weighted by atomic mass is 16.6. The number of amides is 1. The summed E-state index contributed by atoms with van der Waals surface area (Å²) in [6.07, 6.45) is -1.05. The Hall–Kier alpha value is -2.18. The molecule has 0 spiro atoms. The molecule has 1 unspecified atom stereocenters. The van der Waals surface area contributed by atoms with Crippen molar-refractivity contribution in [1.29, 1.82) is 0 Å². The average molecular weight is 309 g/mol. The first-order valence-corrected chi connectivity index (χ1v) is 7.01. The Morgan fingerprint density at radius 1 is 1.23 bits per heavy atom. The summed E-state index contributed by atoms with van der Waals surface area (Å²) in [5.74, 6) is -2.30. The normalized spacial score (nSPS) is 12.7. The molecule has 1 aromatic rings. The number of ether oxygens (including phenoxy) is 1. The molecule has 1 aromatic heterocycles. The molecule has 0 fully saturated rings. The zero-order valence-electron chi connectivity index (χ0n) is 14.1. The Labute approximate surface area is 130 Å². The fourth-order valence-corrected chi connectivity index (χ4v) is 1.94. The molecule has 22 heavy (non-hydrogen) atoms. The lowest BCUT2D eigenvalue weighted by Crippen LogP contribution is -2.46. The Balaban J connectivity index is 2.81. The van der Waals surface area contributed by atoms with Gasteiger partial charge in [-0.25, -0.2) is 4.79 Å². The molecule has 0 saturated heterocycles. The van der Waals surface area contributed by atoms with E-state index in [4.69, 9.17) is 4.74 Å². The van der Waals surface area contributed by atoms with Gasteiger partial charge in [-0.3, -0.25) is 14.3 Å². The van der Waals surface area contributed by atoms with Crippen LogP contribution in [0.2, 0.25) is 0 Å². The van der Waals surface area contributed by atoms with Gasteiger partial charge < -0.3 is 10.1 Å². The molecule has 1 amide bonds. The minimum atomic E-state index is -1.06. The van der Waals surface area contributed by atoms with Crippen LogP contribution in [0.15, 0.2) is 0 Å². The lowest BCUT2D eigenvalue weighted by molar-refractivity contribution is -0.150. The number of nitrogens with zero attached hydrogens (tertiary/aromatic N) is 2. The molecule has 0 aliphatic carbocycles. The van der Waals surface area contributed by atoms with E-state index in [-0.39, 0.29) is 5.56 Å². The number of esters is 1. The van der Waals surface area contributed by atoms with Crippen molar-refractivity contribution in [2.45, 2.75) is 53.2 Å². The van der Waals surface area contributed by atoms with Crippen LogP contribution in [-0.2, 0) is 21.4 Å². The van der Waals surface area contributed by atoms with Crippen LogP contribution in [0.25, 0.3) is 0 Å². The monoisotopic (exact) mass is 309 g/mol. The van der Waals surface area contributed by atoms with E-state index in [1.165, 1.54) is 11.6 Å². The van der Waals surface area contributed by atoms with Gasteiger partial charge >= 0.3 is 5.97 Å². The van der Waals surface area contributed by atoms with Gasteiger partial charge in [-0.05, 0) is 41.5 Å². The molecule has 1 atom stereocenters. The summed E-state index contributed by atoms with van der Waals surface area (Å²) in [7, 11) is 1.68. The predicted molar refractivity (Wildman–Crippen MR) is 80.5 cm³/mol. The van der Waals surface area contributed by atoms with Crippen molar-refractivity contribution in [2.75, 3.05) is 0 Å². The Kier molecular flexibility index (Phi) is 5.11. The van der Waals surface area contributed by atoms with Gasteiger partial charge in [0.15, 0.2) is 6.10 Å². The Morgan fingerprint density at radius 2 is 1.77 bits per heavy atom. The van der Waals surface area contributed by atoms with Gasteiger partial charge in [0, 0.05) is 18.3 Å². The van der Waals surface area contributed by atoms with Gasteiger partial charge in [-0.1, -0.05) is 0 Å². The molecule has 1 N–H and O–H groups in total. The highest BCUT2D eigenvalue weighted by Crippen LogP contribution is 2.14. The summed E-state index contributed by atoms with van der Waals surface area (Å²) in [4.78, 5) is 36.0. The minimum absolute atomic E-state index is 0.218. The van der Waals surface area contributed by atoms with Crippen molar-refractivity contribution in [3.63, 3.8) is 0 Å². The van der Waals surface area contributed by atoms with Gasteiger partial charge in [-0.2, -0.15) is 5.10 Å². The number of aromatic nitrogens is 2. The molecule has 122 valence electrons. The number of ketones is 1. The molecule has 0 aromatic carbocycles.